The topological polar surface area (TPSA) is 98.3 Å². The summed E-state index contributed by atoms with van der Waals surface area (Å²) < 4.78 is 0. The molecule has 6 nitrogen and oxygen atoms in total. The molecule has 2 aromatic carbocycles. The van der Waals surface area contributed by atoms with Gasteiger partial charge in [-0.25, -0.2) is 0 Å². The van der Waals surface area contributed by atoms with Crippen molar-refractivity contribution in [1.29, 1.82) is 0 Å². The van der Waals surface area contributed by atoms with Gasteiger partial charge < -0.3 is 20.5 Å². The normalized spacial score (nSPS) is 12.3. The van der Waals surface area contributed by atoms with Crippen molar-refractivity contribution in [3.63, 3.8) is 0 Å². The lowest BCUT2D eigenvalue weighted by Gasteiger charge is -2.22. The Balaban J connectivity index is 2.30. The molecule has 0 aliphatic rings. The molecule has 0 heterocycles. The summed E-state index contributed by atoms with van der Waals surface area (Å²) in [5.41, 5.74) is 0.888. The zero-order valence-electron chi connectivity index (χ0n) is 16.1. The maximum Gasteiger partial charge on any atom is 0.268 e. The molecule has 0 aromatic heterocycles. The Morgan fingerprint density at radius 1 is 1.03 bits per heavy atom. The van der Waals surface area contributed by atoms with Gasteiger partial charge in [0.05, 0.1) is 12.0 Å². The summed E-state index contributed by atoms with van der Waals surface area (Å²) in [6, 6.07) is 13.8. The number of carboxylic acids is 1. The summed E-state index contributed by atoms with van der Waals surface area (Å²) in [5, 5.41) is 16.9. The molecule has 0 radical (unpaired) electrons. The van der Waals surface area contributed by atoms with Crippen LogP contribution in [0.5, 0.6) is 0 Å². The highest BCUT2D eigenvalue weighted by Gasteiger charge is 2.20. The summed E-state index contributed by atoms with van der Waals surface area (Å²) >= 11 is 5.89. The molecule has 1 atom stereocenters. The average Bonchev–Trinajstić information content (AvgIpc) is 2.68. The summed E-state index contributed by atoms with van der Waals surface area (Å²) in [6.45, 7) is 3.67. The summed E-state index contributed by atoms with van der Waals surface area (Å²) in [7, 11) is 0. The van der Waals surface area contributed by atoms with Crippen molar-refractivity contribution in [2.24, 2.45) is 5.92 Å². The van der Waals surface area contributed by atoms with Gasteiger partial charge in [0.1, 0.15) is 5.70 Å². The maximum absolute atomic E-state index is 12.8. The molecule has 2 amide bonds. The molecular formula is C22H22ClN2O4-. The van der Waals surface area contributed by atoms with Gasteiger partial charge in [0.15, 0.2) is 0 Å². The SMILES string of the molecule is CC(C)C[C@H](NC(=O)/C(=C\c1ccc(Cl)cc1)NC(=O)c1ccccc1)C(=O)[O-]. The number of hydrogen-bond donors (Lipinski definition) is 2. The van der Waals surface area contributed by atoms with Crippen LogP contribution in [0.2, 0.25) is 5.02 Å². The number of hydrogen-bond acceptors (Lipinski definition) is 4. The second kappa shape index (κ2) is 10.4. The van der Waals surface area contributed by atoms with E-state index in [2.05, 4.69) is 10.6 Å². The number of carbonyl (C=O) groups is 3. The van der Waals surface area contributed by atoms with Gasteiger partial charge in [0.2, 0.25) is 0 Å². The zero-order chi connectivity index (χ0) is 21.4. The second-order valence-corrected chi connectivity index (χ2v) is 7.34. The summed E-state index contributed by atoms with van der Waals surface area (Å²) in [4.78, 5) is 36.7. The molecule has 7 heteroatoms. The van der Waals surface area contributed by atoms with E-state index in [1.54, 1.807) is 54.6 Å². The van der Waals surface area contributed by atoms with Gasteiger partial charge >= 0.3 is 0 Å². The van der Waals surface area contributed by atoms with Crippen LogP contribution in [0.25, 0.3) is 6.08 Å². The number of carboxylic acid groups (broad SMARTS) is 1. The van der Waals surface area contributed by atoms with Crippen LogP contribution in [-0.4, -0.2) is 23.8 Å². The molecule has 2 N–H and O–H groups in total. The van der Waals surface area contributed by atoms with E-state index in [4.69, 9.17) is 11.6 Å². The van der Waals surface area contributed by atoms with E-state index in [1.807, 2.05) is 13.8 Å². The van der Waals surface area contributed by atoms with Crippen molar-refractivity contribution < 1.29 is 19.5 Å². The van der Waals surface area contributed by atoms with Crippen molar-refractivity contribution >= 4 is 35.5 Å². The average molecular weight is 414 g/mol. The number of amides is 2. The number of rotatable bonds is 8. The van der Waals surface area contributed by atoms with Gasteiger partial charge in [0.25, 0.3) is 11.8 Å². The molecule has 0 aliphatic heterocycles. The van der Waals surface area contributed by atoms with Crippen molar-refractivity contribution in [3.8, 4) is 0 Å². The Morgan fingerprint density at radius 2 is 1.66 bits per heavy atom. The number of nitrogens with one attached hydrogen (secondary N) is 2. The van der Waals surface area contributed by atoms with Crippen molar-refractivity contribution in [3.05, 3.63) is 76.4 Å². The van der Waals surface area contributed by atoms with Crippen LogP contribution in [0.15, 0.2) is 60.3 Å². The molecule has 152 valence electrons. The monoisotopic (exact) mass is 413 g/mol. The van der Waals surface area contributed by atoms with Gasteiger partial charge in [-0.3, -0.25) is 9.59 Å². The Kier molecular flexibility index (Phi) is 7.98. The first-order valence-corrected chi connectivity index (χ1v) is 9.49. The van der Waals surface area contributed by atoms with Crippen LogP contribution in [0, 0.1) is 5.92 Å². The minimum Gasteiger partial charge on any atom is -0.548 e. The Bertz CT molecular complexity index is 893. The summed E-state index contributed by atoms with van der Waals surface area (Å²) in [5.74, 6) is -2.57. The van der Waals surface area contributed by atoms with E-state index in [0.29, 0.717) is 16.1 Å². The van der Waals surface area contributed by atoms with E-state index in [-0.39, 0.29) is 18.0 Å². The standard InChI is InChI=1S/C22H23ClN2O4/c1-14(2)12-19(22(28)29)25-21(27)18(13-15-8-10-17(23)11-9-15)24-20(26)16-6-4-3-5-7-16/h3-11,13-14,19H,12H2,1-2H3,(H,24,26)(H,25,27)(H,28,29)/p-1/b18-13+/t19-/m0/s1. The molecule has 0 spiro atoms. The maximum atomic E-state index is 12.8. The first-order chi connectivity index (χ1) is 13.8. The number of halogens is 1. The van der Waals surface area contributed by atoms with Crippen molar-refractivity contribution in [2.75, 3.05) is 0 Å². The Labute approximate surface area is 174 Å². The van der Waals surface area contributed by atoms with Crippen LogP contribution in [0.3, 0.4) is 0 Å². The first-order valence-electron chi connectivity index (χ1n) is 9.11. The van der Waals surface area contributed by atoms with Crippen LogP contribution < -0.4 is 15.7 Å². The van der Waals surface area contributed by atoms with Crippen LogP contribution in [0.1, 0.15) is 36.2 Å². The minimum absolute atomic E-state index is 0.0285. The molecule has 0 aliphatic carbocycles. The van der Waals surface area contributed by atoms with Gasteiger partial charge in [-0.2, -0.15) is 0 Å². The van der Waals surface area contributed by atoms with Crippen molar-refractivity contribution in [2.45, 2.75) is 26.3 Å². The lowest BCUT2D eigenvalue weighted by Crippen LogP contribution is -2.50. The number of aliphatic carboxylic acids is 1. The fraction of sp³-hybridized carbons (Fsp3) is 0.227. The van der Waals surface area contributed by atoms with E-state index >= 15 is 0 Å². The lowest BCUT2D eigenvalue weighted by molar-refractivity contribution is -0.308. The largest absolute Gasteiger partial charge is 0.548 e. The second-order valence-electron chi connectivity index (χ2n) is 6.90. The van der Waals surface area contributed by atoms with Crippen LogP contribution in [-0.2, 0) is 9.59 Å². The predicted octanol–water partition coefficient (Wildman–Crippen LogP) is 2.39. The number of carbonyl (C=O) groups excluding carboxylic acids is 3. The highest BCUT2D eigenvalue weighted by atomic mass is 35.5. The fourth-order valence-corrected chi connectivity index (χ4v) is 2.72. The molecule has 0 fully saturated rings. The van der Waals surface area contributed by atoms with Crippen molar-refractivity contribution in [1.82, 2.24) is 10.6 Å². The van der Waals surface area contributed by atoms with E-state index in [1.165, 1.54) is 6.08 Å². The third-order valence-corrected chi connectivity index (χ3v) is 4.26. The third-order valence-electron chi connectivity index (χ3n) is 4.01. The predicted molar refractivity (Wildman–Crippen MR) is 110 cm³/mol. The fourth-order valence-electron chi connectivity index (χ4n) is 2.59. The molecule has 0 bridgehead atoms. The Morgan fingerprint density at radius 3 is 2.21 bits per heavy atom. The van der Waals surface area contributed by atoms with Gasteiger partial charge in [0, 0.05) is 10.6 Å². The zero-order valence-corrected chi connectivity index (χ0v) is 16.9. The first kappa shape index (κ1) is 22.2. The molecule has 2 rings (SSSR count). The van der Waals surface area contributed by atoms with Gasteiger partial charge in [-0.1, -0.05) is 55.8 Å². The highest BCUT2D eigenvalue weighted by Crippen LogP contribution is 2.13. The molecule has 0 saturated carbocycles. The minimum atomic E-state index is -1.38. The summed E-state index contributed by atoms with van der Waals surface area (Å²) in [6.07, 6.45) is 1.66. The van der Waals surface area contributed by atoms with E-state index in [0.717, 1.165) is 0 Å². The van der Waals surface area contributed by atoms with E-state index in [9.17, 15) is 19.5 Å². The number of benzene rings is 2. The highest BCUT2D eigenvalue weighted by molar-refractivity contribution is 6.30. The quantitative estimate of drug-likeness (QED) is 0.649. The molecule has 0 unspecified atom stereocenters. The molecular weight excluding hydrogens is 392 g/mol. The molecule has 2 aromatic rings. The Hall–Kier alpha value is -3.12. The molecule has 0 saturated heterocycles. The third kappa shape index (κ3) is 7.08. The van der Waals surface area contributed by atoms with Crippen LogP contribution >= 0.6 is 11.6 Å². The van der Waals surface area contributed by atoms with Crippen LogP contribution in [0.4, 0.5) is 0 Å². The van der Waals surface area contributed by atoms with Gasteiger partial charge in [-0.05, 0) is 48.2 Å². The molecule has 29 heavy (non-hydrogen) atoms. The lowest BCUT2D eigenvalue weighted by atomic mass is 10.0. The van der Waals surface area contributed by atoms with Gasteiger partial charge in [-0.15, -0.1) is 0 Å². The van der Waals surface area contributed by atoms with E-state index < -0.39 is 23.8 Å². The smallest absolute Gasteiger partial charge is 0.268 e.